The predicted octanol–water partition coefficient (Wildman–Crippen LogP) is 0.844. The molecule has 0 aliphatic rings. The quantitative estimate of drug-likeness (QED) is 0.545. The predicted molar refractivity (Wildman–Crippen MR) is 51.8 cm³/mol. The molecule has 13 heavy (non-hydrogen) atoms. The smallest absolute Gasteiger partial charge is 0.332 e. The number of rotatable bonds is 2. The summed E-state index contributed by atoms with van der Waals surface area (Å²) in [5.41, 5.74) is 10.4. The maximum atomic E-state index is 10.4. The Balaban J connectivity index is 2.78. The third-order valence-electron chi connectivity index (χ3n) is 1.41. The Labute approximate surface area is 79.7 Å². The lowest BCUT2D eigenvalue weighted by molar-refractivity contribution is 0.249. The highest BCUT2D eigenvalue weighted by molar-refractivity contribution is 7.12. The Bertz CT molecular complexity index is 344. The van der Waals surface area contributed by atoms with Gasteiger partial charge in [-0.05, 0) is 13.8 Å². The molecule has 0 saturated carbocycles. The largest absolute Gasteiger partial charge is 0.350 e. The van der Waals surface area contributed by atoms with Gasteiger partial charge in [-0.3, -0.25) is 0 Å². The van der Waals surface area contributed by atoms with Crippen LogP contribution in [-0.4, -0.2) is 16.7 Å². The fourth-order valence-electron chi connectivity index (χ4n) is 0.839. The summed E-state index contributed by atoms with van der Waals surface area (Å²) in [4.78, 5) is 15.4. The Hall–Kier alpha value is -1.43. The second kappa shape index (κ2) is 3.99. The summed E-state index contributed by atoms with van der Waals surface area (Å²) in [6.07, 6.45) is 0. The number of hydrogen-bond acceptors (Lipinski definition) is 4. The number of aryl methyl sites for hydroxylation is 1. The van der Waals surface area contributed by atoms with E-state index in [1.807, 2.05) is 6.92 Å². The summed E-state index contributed by atoms with van der Waals surface area (Å²) in [6.45, 7) is 3.67. The van der Waals surface area contributed by atoms with Gasteiger partial charge in [0.1, 0.15) is 0 Å². The molecular weight excluding hydrogens is 188 g/mol. The summed E-state index contributed by atoms with van der Waals surface area (Å²) in [5.74, 6) is 0. The first-order valence-electron chi connectivity index (χ1n) is 3.61. The number of hydrogen-bond donors (Lipinski definition) is 2. The third kappa shape index (κ3) is 2.51. The molecule has 0 spiro atoms. The van der Waals surface area contributed by atoms with Crippen LogP contribution in [0, 0.1) is 6.92 Å². The number of carbonyl (C=O) groups excluding carboxylic acids is 1. The van der Waals surface area contributed by atoms with Crippen LogP contribution in [0.2, 0.25) is 0 Å². The molecule has 0 atom stereocenters. The molecule has 2 amide bonds. The maximum Gasteiger partial charge on any atom is 0.332 e. The Morgan fingerprint density at radius 2 is 2.46 bits per heavy atom. The number of carbonyl (C=O) groups is 1. The third-order valence-corrected chi connectivity index (χ3v) is 2.45. The van der Waals surface area contributed by atoms with Crippen LogP contribution >= 0.6 is 11.3 Å². The molecule has 0 radical (unpaired) electrons. The SMILES string of the molecule is C/C(=N\NC(N)=O)c1scnc1C. The summed E-state index contributed by atoms with van der Waals surface area (Å²) in [7, 11) is 0. The van der Waals surface area contributed by atoms with Gasteiger partial charge < -0.3 is 5.73 Å². The van der Waals surface area contributed by atoms with Gasteiger partial charge in [-0.25, -0.2) is 15.2 Å². The second-order valence-electron chi connectivity index (χ2n) is 2.44. The molecule has 3 N–H and O–H groups in total. The molecule has 1 heterocycles. The highest BCUT2D eigenvalue weighted by Crippen LogP contribution is 2.12. The number of nitrogens with two attached hydrogens (primary N) is 1. The first-order valence-corrected chi connectivity index (χ1v) is 4.49. The average Bonchev–Trinajstić information content (AvgIpc) is 2.47. The van der Waals surface area contributed by atoms with E-state index in [0.29, 0.717) is 5.71 Å². The Kier molecular flexibility index (Phi) is 2.97. The van der Waals surface area contributed by atoms with Crippen LogP contribution in [0.5, 0.6) is 0 Å². The van der Waals surface area contributed by atoms with E-state index in [4.69, 9.17) is 5.73 Å². The second-order valence-corrected chi connectivity index (χ2v) is 3.29. The normalized spacial score (nSPS) is 11.4. The summed E-state index contributed by atoms with van der Waals surface area (Å²) in [6, 6.07) is -0.665. The number of amides is 2. The fourth-order valence-corrected chi connectivity index (χ4v) is 1.59. The molecule has 0 fully saturated rings. The van der Waals surface area contributed by atoms with E-state index < -0.39 is 6.03 Å². The van der Waals surface area contributed by atoms with Crippen molar-refractivity contribution in [3.05, 3.63) is 16.1 Å². The molecule has 0 aliphatic heterocycles. The number of urea groups is 1. The molecule has 0 saturated heterocycles. The zero-order valence-corrected chi connectivity index (χ0v) is 8.18. The van der Waals surface area contributed by atoms with Gasteiger partial charge in [0, 0.05) is 0 Å². The van der Waals surface area contributed by atoms with E-state index in [0.717, 1.165) is 10.6 Å². The van der Waals surface area contributed by atoms with Crippen molar-refractivity contribution in [3.8, 4) is 0 Å². The zero-order chi connectivity index (χ0) is 9.84. The lowest BCUT2D eigenvalue weighted by Crippen LogP contribution is -2.25. The highest BCUT2D eigenvalue weighted by Gasteiger charge is 2.04. The molecule has 1 rings (SSSR count). The summed E-state index contributed by atoms with van der Waals surface area (Å²) < 4.78 is 0. The van der Waals surface area contributed by atoms with Crippen LogP contribution in [-0.2, 0) is 0 Å². The number of aromatic nitrogens is 1. The zero-order valence-electron chi connectivity index (χ0n) is 7.37. The van der Waals surface area contributed by atoms with Crippen LogP contribution in [0.15, 0.2) is 10.6 Å². The molecule has 1 aromatic heterocycles. The van der Waals surface area contributed by atoms with Crippen LogP contribution < -0.4 is 11.2 Å². The minimum atomic E-state index is -0.665. The van der Waals surface area contributed by atoms with Crippen molar-refractivity contribution in [1.82, 2.24) is 10.4 Å². The minimum Gasteiger partial charge on any atom is -0.350 e. The van der Waals surface area contributed by atoms with Crippen LogP contribution in [0.25, 0.3) is 0 Å². The lowest BCUT2D eigenvalue weighted by atomic mass is 10.3. The Morgan fingerprint density at radius 1 is 1.77 bits per heavy atom. The monoisotopic (exact) mass is 198 g/mol. The minimum absolute atomic E-state index is 0.665. The van der Waals surface area contributed by atoms with Crippen molar-refractivity contribution < 1.29 is 4.79 Å². The van der Waals surface area contributed by atoms with Gasteiger partial charge in [0.25, 0.3) is 0 Å². The van der Waals surface area contributed by atoms with Gasteiger partial charge in [-0.2, -0.15) is 5.10 Å². The molecule has 0 bridgehead atoms. The van der Waals surface area contributed by atoms with E-state index in [-0.39, 0.29) is 0 Å². The van der Waals surface area contributed by atoms with Crippen LogP contribution in [0.3, 0.4) is 0 Å². The molecule has 1 aromatic rings. The molecule has 0 unspecified atom stereocenters. The molecule has 70 valence electrons. The van der Waals surface area contributed by atoms with Crippen molar-refractivity contribution in [1.29, 1.82) is 0 Å². The van der Waals surface area contributed by atoms with Crippen LogP contribution in [0.4, 0.5) is 4.79 Å². The van der Waals surface area contributed by atoms with Crippen molar-refractivity contribution in [2.24, 2.45) is 10.8 Å². The number of hydrazone groups is 1. The van der Waals surface area contributed by atoms with Gasteiger partial charge in [0.05, 0.1) is 21.8 Å². The first-order chi connectivity index (χ1) is 6.11. The maximum absolute atomic E-state index is 10.4. The molecule has 5 nitrogen and oxygen atoms in total. The number of nitrogens with one attached hydrogen (secondary N) is 1. The van der Waals surface area contributed by atoms with Crippen molar-refractivity contribution >= 4 is 23.1 Å². The number of thiazole rings is 1. The van der Waals surface area contributed by atoms with Gasteiger partial charge in [-0.15, -0.1) is 11.3 Å². The average molecular weight is 198 g/mol. The van der Waals surface area contributed by atoms with E-state index in [1.165, 1.54) is 11.3 Å². The topological polar surface area (TPSA) is 80.4 Å². The van der Waals surface area contributed by atoms with Gasteiger partial charge in [0.15, 0.2) is 0 Å². The molecule has 0 aromatic carbocycles. The summed E-state index contributed by atoms with van der Waals surface area (Å²) >= 11 is 1.48. The molecule has 6 heteroatoms. The van der Waals surface area contributed by atoms with Gasteiger partial charge >= 0.3 is 6.03 Å². The molecule has 0 aliphatic carbocycles. The van der Waals surface area contributed by atoms with Gasteiger partial charge in [0.2, 0.25) is 0 Å². The van der Waals surface area contributed by atoms with E-state index in [2.05, 4.69) is 15.5 Å². The van der Waals surface area contributed by atoms with E-state index in [9.17, 15) is 4.79 Å². The van der Waals surface area contributed by atoms with Crippen molar-refractivity contribution in [3.63, 3.8) is 0 Å². The van der Waals surface area contributed by atoms with Gasteiger partial charge in [-0.1, -0.05) is 0 Å². The van der Waals surface area contributed by atoms with Crippen LogP contribution in [0.1, 0.15) is 17.5 Å². The fraction of sp³-hybridized carbons (Fsp3) is 0.286. The van der Waals surface area contributed by atoms with Crippen molar-refractivity contribution in [2.45, 2.75) is 13.8 Å². The summed E-state index contributed by atoms with van der Waals surface area (Å²) in [5, 5.41) is 3.79. The number of nitrogens with zero attached hydrogens (tertiary/aromatic N) is 2. The first kappa shape index (κ1) is 9.66. The van der Waals surface area contributed by atoms with E-state index >= 15 is 0 Å². The molecular formula is C7H10N4OS. The standard InChI is InChI=1S/C7H10N4OS/c1-4-6(13-3-9-4)5(2)10-11-7(8)12/h3H,1-2H3,(H3,8,11,12)/b10-5+. The number of primary amides is 1. The Morgan fingerprint density at radius 3 is 2.92 bits per heavy atom. The van der Waals surface area contributed by atoms with E-state index in [1.54, 1.807) is 12.4 Å². The van der Waals surface area contributed by atoms with Crippen molar-refractivity contribution in [2.75, 3.05) is 0 Å². The highest BCUT2D eigenvalue weighted by atomic mass is 32.1. The lowest BCUT2D eigenvalue weighted by Gasteiger charge is -1.97.